The van der Waals surface area contributed by atoms with E-state index in [-0.39, 0.29) is 22.7 Å². The summed E-state index contributed by atoms with van der Waals surface area (Å²) in [4.78, 5) is 11.2. The maximum atomic E-state index is 11.2. The predicted octanol–water partition coefficient (Wildman–Crippen LogP) is 3.00. The molecule has 0 bridgehead atoms. The molecule has 1 rings (SSSR count). The van der Waals surface area contributed by atoms with Crippen molar-refractivity contribution >= 4 is 23.3 Å². The first kappa shape index (κ1) is 14.8. The number of nitrogens with one attached hydrogen (secondary N) is 1. The van der Waals surface area contributed by atoms with Gasteiger partial charge in [0.25, 0.3) is 0 Å². The van der Waals surface area contributed by atoms with Crippen molar-refractivity contribution in [2.45, 2.75) is 32.2 Å². The van der Waals surface area contributed by atoms with E-state index < -0.39 is 5.97 Å². The molecule has 0 aromatic heterocycles. The third-order valence-electron chi connectivity index (χ3n) is 3.11. The lowest BCUT2D eigenvalue weighted by molar-refractivity contribution is 0.0698. The van der Waals surface area contributed by atoms with E-state index in [0.717, 1.165) is 6.42 Å². The second-order valence-corrected chi connectivity index (χ2v) is 4.89. The number of hydrogen-bond donors (Lipinski definition) is 3. The van der Waals surface area contributed by atoms with Crippen molar-refractivity contribution in [3.05, 3.63) is 28.8 Å². The molecule has 1 atom stereocenters. The average molecular weight is 272 g/mol. The number of carbonyl (C=O) groups is 1. The summed E-state index contributed by atoms with van der Waals surface area (Å²) in [5, 5.41) is 21.6. The summed E-state index contributed by atoms with van der Waals surface area (Å²) in [6.45, 7) is 3.96. The standard InChI is InChI=1S/C13H18ClNO3/c1-3-13(2,7-8-16)15-10-6-4-5-9(14)11(10)12(17)18/h4-6,15-16H,3,7-8H2,1-2H3,(H,17,18). The first-order chi connectivity index (χ1) is 8.43. The maximum Gasteiger partial charge on any atom is 0.339 e. The van der Waals surface area contributed by atoms with Gasteiger partial charge in [0.05, 0.1) is 10.7 Å². The number of aromatic carboxylic acids is 1. The van der Waals surface area contributed by atoms with Gasteiger partial charge in [-0.1, -0.05) is 24.6 Å². The smallest absolute Gasteiger partial charge is 0.339 e. The molecule has 0 saturated carbocycles. The second kappa shape index (κ2) is 6.07. The molecule has 18 heavy (non-hydrogen) atoms. The van der Waals surface area contributed by atoms with Gasteiger partial charge in [0, 0.05) is 12.1 Å². The molecule has 1 aromatic rings. The highest BCUT2D eigenvalue weighted by atomic mass is 35.5. The molecule has 1 aromatic carbocycles. The summed E-state index contributed by atoms with van der Waals surface area (Å²) in [6.07, 6.45) is 1.30. The van der Waals surface area contributed by atoms with Crippen LogP contribution in [0.5, 0.6) is 0 Å². The maximum absolute atomic E-state index is 11.2. The van der Waals surface area contributed by atoms with Gasteiger partial charge in [-0.15, -0.1) is 0 Å². The molecular formula is C13H18ClNO3. The van der Waals surface area contributed by atoms with Gasteiger partial charge in [0.2, 0.25) is 0 Å². The number of benzene rings is 1. The molecule has 0 fully saturated rings. The van der Waals surface area contributed by atoms with Gasteiger partial charge in [0.15, 0.2) is 0 Å². The zero-order valence-corrected chi connectivity index (χ0v) is 11.3. The van der Waals surface area contributed by atoms with Crippen molar-refractivity contribution < 1.29 is 15.0 Å². The summed E-state index contributed by atoms with van der Waals surface area (Å²) in [5.41, 5.74) is 0.188. The van der Waals surface area contributed by atoms with Crippen LogP contribution in [0.2, 0.25) is 5.02 Å². The topological polar surface area (TPSA) is 69.6 Å². The van der Waals surface area contributed by atoms with Gasteiger partial charge in [0.1, 0.15) is 5.56 Å². The van der Waals surface area contributed by atoms with Gasteiger partial charge in [-0.25, -0.2) is 4.79 Å². The summed E-state index contributed by atoms with van der Waals surface area (Å²) in [6, 6.07) is 4.93. The third kappa shape index (κ3) is 3.37. The van der Waals surface area contributed by atoms with Crippen molar-refractivity contribution in [3.8, 4) is 0 Å². The minimum Gasteiger partial charge on any atom is -0.478 e. The Balaban J connectivity index is 3.10. The fourth-order valence-electron chi connectivity index (χ4n) is 1.75. The van der Waals surface area contributed by atoms with Crippen LogP contribution in [-0.4, -0.2) is 28.3 Å². The number of carboxylic acid groups (broad SMARTS) is 1. The lowest BCUT2D eigenvalue weighted by atomic mass is 9.94. The summed E-state index contributed by atoms with van der Waals surface area (Å²) >= 11 is 5.90. The third-order valence-corrected chi connectivity index (χ3v) is 3.42. The van der Waals surface area contributed by atoms with Crippen LogP contribution in [0.1, 0.15) is 37.0 Å². The van der Waals surface area contributed by atoms with E-state index in [0.29, 0.717) is 12.1 Å². The molecule has 100 valence electrons. The molecule has 0 heterocycles. The zero-order valence-electron chi connectivity index (χ0n) is 10.5. The SMILES string of the molecule is CCC(C)(CCO)Nc1cccc(Cl)c1C(=O)O. The van der Waals surface area contributed by atoms with E-state index in [4.69, 9.17) is 16.7 Å². The monoisotopic (exact) mass is 271 g/mol. The molecule has 3 N–H and O–H groups in total. The Morgan fingerprint density at radius 1 is 1.50 bits per heavy atom. The number of halogens is 1. The van der Waals surface area contributed by atoms with Gasteiger partial charge in [-0.2, -0.15) is 0 Å². The lowest BCUT2D eigenvalue weighted by Crippen LogP contribution is -2.35. The van der Waals surface area contributed by atoms with E-state index in [1.54, 1.807) is 18.2 Å². The highest BCUT2D eigenvalue weighted by molar-refractivity contribution is 6.34. The Hall–Kier alpha value is -1.26. The van der Waals surface area contributed by atoms with Crippen LogP contribution in [0.25, 0.3) is 0 Å². The molecule has 0 radical (unpaired) electrons. The predicted molar refractivity (Wildman–Crippen MR) is 72.4 cm³/mol. The van der Waals surface area contributed by atoms with Crippen molar-refractivity contribution in [2.75, 3.05) is 11.9 Å². The molecule has 0 spiro atoms. The highest BCUT2D eigenvalue weighted by Crippen LogP contribution is 2.29. The van der Waals surface area contributed by atoms with E-state index in [2.05, 4.69) is 5.32 Å². The van der Waals surface area contributed by atoms with Crippen LogP contribution in [0.4, 0.5) is 5.69 Å². The number of carboxylic acids is 1. The van der Waals surface area contributed by atoms with Crippen LogP contribution >= 0.6 is 11.6 Å². The number of aliphatic hydroxyl groups is 1. The Labute approximate surface area is 112 Å². The molecule has 0 amide bonds. The fourth-order valence-corrected chi connectivity index (χ4v) is 2.00. The summed E-state index contributed by atoms with van der Waals surface area (Å²) < 4.78 is 0. The Kier molecular flexibility index (Phi) is 4.99. The molecule has 0 saturated heterocycles. The van der Waals surface area contributed by atoms with Crippen LogP contribution in [0.3, 0.4) is 0 Å². The van der Waals surface area contributed by atoms with E-state index in [1.165, 1.54) is 0 Å². The molecule has 1 unspecified atom stereocenters. The molecule has 0 aliphatic rings. The van der Waals surface area contributed by atoms with Crippen molar-refractivity contribution in [3.63, 3.8) is 0 Å². The summed E-state index contributed by atoms with van der Waals surface area (Å²) in [7, 11) is 0. The lowest BCUT2D eigenvalue weighted by Gasteiger charge is -2.31. The van der Waals surface area contributed by atoms with Crippen molar-refractivity contribution in [1.29, 1.82) is 0 Å². The first-order valence-corrected chi connectivity index (χ1v) is 6.22. The Bertz CT molecular complexity index is 436. The van der Waals surface area contributed by atoms with Crippen LogP contribution < -0.4 is 5.32 Å². The molecular weight excluding hydrogens is 254 g/mol. The average Bonchev–Trinajstić information content (AvgIpc) is 2.28. The molecule has 5 heteroatoms. The van der Waals surface area contributed by atoms with Gasteiger partial charge < -0.3 is 15.5 Å². The number of aliphatic hydroxyl groups excluding tert-OH is 1. The van der Waals surface area contributed by atoms with Crippen LogP contribution in [0.15, 0.2) is 18.2 Å². The largest absolute Gasteiger partial charge is 0.478 e. The van der Waals surface area contributed by atoms with Crippen LogP contribution in [0, 0.1) is 0 Å². The number of hydrogen-bond acceptors (Lipinski definition) is 3. The minimum atomic E-state index is -1.06. The second-order valence-electron chi connectivity index (χ2n) is 4.48. The molecule has 0 aliphatic carbocycles. The minimum absolute atomic E-state index is 0.0420. The van der Waals surface area contributed by atoms with Gasteiger partial charge in [-0.05, 0) is 31.9 Å². The fraction of sp³-hybridized carbons (Fsp3) is 0.462. The quantitative estimate of drug-likeness (QED) is 0.744. The number of rotatable bonds is 6. The van der Waals surface area contributed by atoms with E-state index in [1.807, 2.05) is 13.8 Å². The normalized spacial score (nSPS) is 14.0. The van der Waals surface area contributed by atoms with Gasteiger partial charge in [-0.3, -0.25) is 0 Å². The highest BCUT2D eigenvalue weighted by Gasteiger charge is 2.24. The van der Waals surface area contributed by atoms with Crippen molar-refractivity contribution in [1.82, 2.24) is 0 Å². The van der Waals surface area contributed by atoms with E-state index >= 15 is 0 Å². The Morgan fingerprint density at radius 2 is 2.17 bits per heavy atom. The Morgan fingerprint density at radius 3 is 2.67 bits per heavy atom. The number of anilines is 1. The van der Waals surface area contributed by atoms with Crippen LogP contribution in [-0.2, 0) is 0 Å². The first-order valence-electron chi connectivity index (χ1n) is 5.84. The zero-order chi connectivity index (χ0) is 13.8. The summed E-state index contributed by atoms with van der Waals surface area (Å²) in [5.74, 6) is -1.06. The molecule has 4 nitrogen and oxygen atoms in total. The molecule has 0 aliphatic heterocycles. The van der Waals surface area contributed by atoms with Crippen molar-refractivity contribution in [2.24, 2.45) is 0 Å². The van der Waals surface area contributed by atoms with E-state index in [9.17, 15) is 9.90 Å². The van der Waals surface area contributed by atoms with Gasteiger partial charge >= 0.3 is 5.97 Å².